The van der Waals surface area contributed by atoms with Crippen LogP contribution in [0.4, 0.5) is 0 Å². The maximum absolute atomic E-state index is 14.3. The van der Waals surface area contributed by atoms with Gasteiger partial charge in [0.2, 0.25) is 16.6 Å². The average Bonchev–Trinajstić information content (AvgIpc) is 3.21. The predicted octanol–water partition coefficient (Wildman–Crippen LogP) is 16.3. The maximum atomic E-state index is 14.3. The topological polar surface area (TPSA) is 58.9 Å². The Kier molecular flexibility index (Phi) is 9.83. The van der Waals surface area contributed by atoms with Crippen LogP contribution in [0, 0.1) is 0 Å². The number of aliphatic hydroxyl groups is 2. The lowest BCUT2D eigenvalue weighted by Gasteiger charge is -2.42. The molecule has 10 rings (SSSR count). The summed E-state index contributed by atoms with van der Waals surface area (Å²) in [5.41, 5.74) is 5.51. The lowest BCUT2D eigenvalue weighted by molar-refractivity contribution is 0.127. The van der Waals surface area contributed by atoms with E-state index >= 15 is 0 Å². The van der Waals surface area contributed by atoms with E-state index in [1.54, 1.807) is 0 Å². The predicted molar refractivity (Wildman–Crippen MR) is 294 cm³/mol. The molecule has 0 radical (unpaired) electrons. The van der Waals surface area contributed by atoms with Crippen molar-refractivity contribution in [3.63, 3.8) is 0 Å². The van der Waals surface area contributed by atoms with E-state index in [1.165, 1.54) is 0 Å². The molecule has 0 fully saturated rings. The van der Waals surface area contributed by atoms with Crippen molar-refractivity contribution in [1.29, 1.82) is 0 Å². The van der Waals surface area contributed by atoms with Gasteiger partial charge in [0, 0.05) is 22.3 Å². The van der Waals surface area contributed by atoms with E-state index < -0.39 is 27.8 Å². The standard InChI is InChI=1S/C62H72O4Si2/c1-57(2,3)45-31-35(32-46(58(4,5)6)55(45)65-67(13,14)15)61(63)41-27-19-23-37-39-25-21-29-43-51(39)54-52-40(38-24-20-28-42(61)50(38)53(54)49(37)41)26-22-30-44(52)62(43,64)36-33-47(59(7,8)9)56(66-68(16,17)18)48(34-36)60(10,11)12/h19-34,63-64H,1-18H3. The summed E-state index contributed by atoms with van der Waals surface area (Å²) >= 11 is 0. The van der Waals surface area contributed by atoms with Crippen LogP contribution in [0.15, 0.2) is 97.1 Å². The van der Waals surface area contributed by atoms with Crippen LogP contribution in [0.5, 0.6) is 11.5 Å². The van der Waals surface area contributed by atoms with Gasteiger partial charge in [0.1, 0.15) is 22.7 Å². The summed E-state index contributed by atoms with van der Waals surface area (Å²) in [5, 5.41) is 39.4. The molecule has 8 aromatic carbocycles. The van der Waals surface area contributed by atoms with Crippen LogP contribution in [0.1, 0.15) is 139 Å². The molecule has 0 spiro atoms. The van der Waals surface area contributed by atoms with Gasteiger partial charge in [0.15, 0.2) is 0 Å². The molecule has 6 heteroatoms. The lowest BCUT2D eigenvalue weighted by atomic mass is 9.65. The zero-order valence-corrected chi connectivity index (χ0v) is 45.9. The molecule has 8 aromatic rings. The Balaban J connectivity index is 1.38. The van der Waals surface area contributed by atoms with Crippen molar-refractivity contribution in [2.24, 2.45) is 0 Å². The van der Waals surface area contributed by atoms with Crippen LogP contribution < -0.4 is 8.85 Å². The molecule has 0 aromatic heterocycles. The second kappa shape index (κ2) is 14.3. The van der Waals surface area contributed by atoms with Gasteiger partial charge in [0.25, 0.3) is 0 Å². The Hall–Kier alpha value is -4.99. The minimum absolute atomic E-state index is 0.276. The molecule has 2 aliphatic carbocycles. The molecule has 0 bridgehead atoms. The largest absolute Gasteiger partial charge is 0.544 e. The summed E-state index contributed by atoms with van der Waals surface area (Å²) in [6.45, 7) is 40.6. The number of benzene rings is 8. The van der Waals surface area contributed by atoms with Crippen LogP contribution >= 0.6 is 0 Å². The van der Waals surface area contributed by atoms with Gasteiger partial charge in [-0.2, -0.15) is 0 Å². The van der Waals surface area contributed by atoms with Gasteiger partial charge in [-0.3, -0.25) is 0 Å². The van der Waals surface area contributed by atoms with Crippen molar-refractivity contribution >= 4 is 70.5 Å². The van der Waals surface area contributed by atoms with Crippen molar-refractivity contribution in [2.75, 3.05) is 0 Å². The lowest BCUT2D eigenvalue weighted by Crippen LogP contribution is -2.36. The molecule has 2 N–H and O–H groups in total. The van der Waals surface area contributed by atoms with Gasteiger partial charge in [0.05, 0.1) is 0 Å². The fourth-order valence-electron chi connectivity index (χ4n) is 11.8. The summed E-state index contributed by atoms with van der Waals surface area (Å²) in [7, 11) is -4.11. The Morgan fingerprint density at radius 3 is 0.765 bits per heavy atom. The van der Waals surface area contributed by atoms with Crippen LogP contribution in [-0.4, -0.2) is 26.8 Å². The summed E-state index contributed by atoms with van der Waals surface area (Å²) in [5.74, 6) is 1.92. The van der Waals surface area contributed by atoms with E-state index in [2.05, 4.69) is 219 Å². The van der Waals surface area contributed by atoms with E-state index in [9.17, 15) is 10.2 Å². The highest BCUT2D eigenvalue weighted by atomic mass is 28.4. The van der Waals surface area contributed by atoms with E-state index in [0.717, 1.165) is 121 Å². The first kappa shape index (κ1) is 46.7. The Morgan fingerprint density at radius 1 is 0.353 bits per heavy atom. The molecule has 0 saturated carbocycles. The molecule has 2 aliphatic rings. The van der Waals surface area contributed by atoms with Gasteiger partial charge >= 0.3 is 0 Å². The monoisotopic (exact) mass is 936 g/mol. The molecule has 0 heterocycles. The molecular formula is C62H72O4Si2. The van der Waals surface area contributed by atoms with Crippen LogP contribution in [0.3, 0.4) is 0 Å². The fourth-order valence-corrected chi connectivity index (χ4v) is 13.5. The summed E-state index contributed by atoms with van der Waals surface area (Å²) in [6.07, 6.45) is 0. The van der Waals surface area contributed by atoms with Gasteiger partial charge in [-0.25, -0.2) is 0 Å². The number of hydrogen-bond acceptors (Lipinski definition) is 4. The molecule has 0 unspecified atom stereocenters. The van der Waals surface area contributed by atoms with Crippen molar-refractivity contribution in [1.82, 2.24) is 0 Å². The smallest absolute Gasteiger partial charge is 0.242 e. The second-order valence-electron chi connectivity index (χ2n) is 26.3. The zero-order valence-electron chi connectivity index (χ0n) is 43.9. The van der Waals surface area contributed by atoms with E-state index in [4.69, 9.17) is 8.85 Å². The maximum Gasteiger partial charge on any atom is 0.242 e. The van der Waals surface area contributed by atoms with Gasteiger partial charge < -0.3 is 19.1 Å². The van der Waals surface area contributed by atoms with E-state index in [0.29, 0.717) is 0 Å². The van der Waals surface area contributed by atoms with Crippen LogP contribution in [0.25, 0.3) is 53.9 Å². The average molecular weight is 937 g/mol. The van der Waals surface area contributed by atoms with Gasteiger partial charge in [-0.05, 0) is 172 Å². The highest BCUT2D eigenvalue weighted by molar-refractivity contribution is 6.70. The summed E-state index contributed by atoms with van der Waals surface area (Å²) in [6, 6.07) is 35.0. The van der Waals surface area contributed by atoms with Gasteiger partial charge in [-0.15, -0.1) is 0 Å². The molecule has 68 heavy (non-hydrogen) atoms. The third kappa shape index (κ3) is 6.71. The molecule has 0 atom stereocenters. The SMILES string of the molecule is CC(C)(C)c1cc(C2(O)c3cccc4c5cccc6c5c5c7c(cccc7c7cccc2c7c5c34)C6(O)c2cc(C(C)(C)C)c(O[Si](C)(C)C)c(C(C)(C)C)c2)cc(C(C)(C)C)c1O[Si](C)(C)C. The minimum atomic E-state index is -2.06. The van der Waals surface area contributed by atoms with Crippen LogP contribution in [-0.2, 0) is 32.9 Å². The highest BCUT2D eigenvalue weighted by Crippen LogP contribution is 2.60. The zero-order chi connectivity index (χ0) is 49.4. The fraction of sp³-hybridized carbons (Fsp3) is 0.387. The van der Waals surface area contributed by atoms with E-state index in [-0.39, 0.29) is 21.7 Å². The molecule has 4 nitrogen and oxygen atoms in total. The molecule has 0 saturated heterocycles. The highest BCUT2D eigenvalue weighted by Gasteiger charge is 2.47. The van der Waals surface area contributed by atoms with Crippen molar-refractivity contribution in [2.45, 2.75) is 155 Å². The molecule has 0 amide bonds. The van der Waals surface area contributed by atoms with Crippen molar-refractivity contribution in [3.05, 3.63) is 153 Å². The minimum Gasteiger partial charge on any atom is -0.544 e. The first-order valence-corrected chi connectivity index (χ1v) is 31.6. The summed E-state index contributed by atoms with van der Waals surface area (Å²) < 4.78 is 14.2. The Morgan fingerprint density at radius 2 is 0.574 bits per heavy atom. The number of hydrogen-bond donors (Lipinski definition) is 2. The normalized spacial score (nSPS) is 15.9. The first-order valence-electron chi connectivity index (χ1n) is 24.8. The summed E-state index contributed by atoms with van der Waals surface area (Å²) in [4.78, 5) is 0. The van der Waals surface area contributed by atoms with E-state index in [1.807, 2.05) is 0 Å². The van der Waals surface area contributed by atoms with Crippen LogP contribution in [0.2, 0.25) is 39.3 Å². The number of fused-ring (bicyclic) bond motifs is 2. The van der Waals surface area contributed by atoms with Crippen molar-refractivity contribution < 1.29 is 19.1 Å². The molecule has 352 valence electrons. The third-order valence-corrected chi connectivity index (χ3v) is 16.3. The first-order chi connectivity index (χ1) is 31.3. The van der Waals surface area contributed by atoms with Gasteiger partial charge in [-0.1, -0.05) is 156 Å². The third-order valence-electron chi connectivity index (χ3n) is 14.7. The Labute approximate surface area is 407 Å². The molecule has 0 aliphatic heterocycles. The van der Waals surface area contributed by atoms with Crippen molar-refractivity contribution in [3.8, 4) is 11.5 Å². The second-order valence-corrected chi connectivity index (χ2v) is 35.2. The number of rotatable bonds is 6. The molecular weight excluding hydrogens is 865 g/mol. The Bertz CT molecular complexity index is 3050. The quantitative estimate of drug-likeness (QED) is 0.129.